The number of hydrogen-bond acceptors (Lipinski definition) is 2. The molecule has 0 fully saturated rings. The van der Waals surface area contributed by atoms with E-state index in [1.165, 1.54) is 89.9 Å². The first-order valence-electron chi connectivity index (χ1n) is 11.4. The minimum Gasteiger partial charge on any atom is -0.356 e. The highest BCUT2D eigenvalue weighted by molar-refractivity contribution is 4.97. The Kier molecular flexibility index (Phi) is 13.0. The van der Waals surface area contributed by atoms with Crippen molar-refractivity contribution in [2.75, 3.05) is 6.54 Å². The van der Waals surface area contributed by atoms with Crippen LogP contribution in [0.4, 0.5) is 0 Å². The first-order chi connectivity index (χ1) is 12.2. The lowest BCUT2D eigenvalue weighted by Crippen LogP contribution is -2.41. The lowest BCUT2D eigenvalue weighted by Gasteiger charge is -2.34. The van der Waals surface area contributed by atoms with E-state index in [1.54, 1.807) is 0 Å². The summed E-state index contributed by atoms with van der Waals surface area (Å²) in [4.78, 5) is 5.03. The lowest BCUT2D eigenvalue weighted by atomic mass is 10.0. The number of unbranched alkanes of at least 4 members (excludes halogenated alkanes) is 12. The molecule has 0 aromatic heterocycles. The molecule has 1 rings (SSSR count). The smallest absolute Gasteiger partial charge is 0.101 e. The second-order valence-electron chi connectivity index (χ2n) is 8.18. The van der Waals surface area contributed by atoms with E-state index in [0.29, 0.717) is 12.2 Å². The lowest BCUT2D eigenvalue weighted by molar-refractivity contribution is 0.119. The third-order valence-corrected chi connectivity index (χ3v) is 5.68. The van der Waals surface area contributed by atoms with E-state index in [1.807, 2.05) is 0 Å². The fourth-order valence-corrected chi connectivity index (χ4v) is 4.02. The Bertz CT molecular complexity index is 324. The highest BCUT2D eigenvalue weighted by Gasteiger charge is 2.26. The maximum Gasteiger partial charge on any atom is 0.101 e. The van der Waals surface area contributed by atoms with Gasteiger partial charge in [0.05, 0.1) is 0 Å². The average molecular weight is 351 g/mol. The van der Waals surface area contributed by atoms with Crippen LogP contribution in [0.5, 0.6) is 0 Å². The largest absolute Gasteiger partial charge is 0.356 e. The molecule has 0 saturated carbocycles. The summed E-state index contributed by atoms with van der Waals surface area (Å²) < 4.78 is 0. The molecule has 0 aromatic rings. The van der Waals surface area contributed by atoms with Crippen molar-refractivity contribution >= 4 is 0 Å². The van der Waals surface area contributed by atoms with Crippen molar-refractivity contribution in [1.29, 1.82) is 0 Å². The zero-order valence-corrected chi connectivity index (χ0v) is 17.8. The van der Waals surface area contributed by atoms with E-state index in [4.69, 9.17) is 0 Å². The van der Waals surface area contributed by atoms with Crippen LogP contribution in [0.15, 0.2) is 12.4 Å². The van der Waals surface area contributed by atoms with Gasteiger partial charge >= 0.3 is 0 Å². The van der Waals surface area contributed by atoms with Crippen molar-refractivity contribution in [2.45, 2.75) is 130 Å². The third-order valence-electron chi connectivity index (χ3n) is 5.68. The monoisotopic (exact) mass is 350 g/mol. The van der Waals surface area contributed by atoms with Crippen LogP contribution >= 0.6 is 0 Å². The molecule has 1 unspecified atom stereocenters. The molecule has 0 saturated heterocycles. The molecule has 0 amide bonds. The van der Waals surface area contributed by atoms with Crippen molar-refractivity contribution in [2.24, 2.45) is 0 Å². The molecule has 0 aliphatic carbocycles. The van der Waals surface area contributed by atoms with E-state index >= 15 is 0 Å². The van der Waals surface area contributed by atoms with Gasteiger partial charge in [0, 0.05) is 25.0 Å². The first kappa shape index (κ1) is 22.4. The first-order valence-corrected chi connectivity index (χ1v) is 11.4. The van der Waals surface area contributed by atoms with Gasteiger partial charge in [-0.1, -0.05) is 84.0 Å². The van der Waals surface area contributed by atoms with Gasteiger partial charge in [-0.15, -0.1) is 0 Å². The summed E-state index contributed by atoms with van der Waals surface area (Å²) in [6, 6.07) is 0.611. The Balaban J connectivity index is 1.93. The van der Waals surface area contributed by atoms with Gasteiger partial charge in [0.25, 0.3) is 0 Å². The van der Waals surface area contributed by atoms with E-state index < -0.39 is 0 Å². The summed E-state index contributed by atoms with van der Waals surface area (Å²) in [5.74, 6) is 0. The Labute approximate surface area is 159 Å². The molecule has 2 heteroatoms. The Hall–Kier alpha value is -0.660. The van der Waals surface area contributed by atoms with Gasteiger partial charge in [0.2, 0.25) is 0 Å². The SMILES string of the molecule is CCCCCCCCCCCCCCCC1N(CC)C=CN1C(C)C. The van der Waals surface area contributed by atoms with Gasteiger partial charge in [0.15, 0.2) is 0 Å². The van der Waals surface area contributed by atoms with Gasteiger partial charge in [-0.25, -0.2) is 0 Å². The fourth-order valence-electron chi connectivity index (χ4n) is 4.02. The van der Waals surface area contributed by atoms with E-state index in [-0.39, 0.29) is 0 Å². The summed E-state index contributed by atoms with van der Waals surface area (Å²) in [6.07, 6.45) is 25.2. The summed E-state index contributed by atoms with van der Waals surface area (Å²) >= 11 is 0. The number of nitrogens with zero attached hydrogens (tertiary/aromatic N) is 2. The summed E-state index contributed by atoms with van der Waals surface area (Å²) in [5, 5.41) is 0. The van der Waals surface area contributed by atoms with Crippen LogP contribution in [0.25, 0.3) is 0 Å². The predicted octanol–water partition coefficient (Wildman–Crippen LogP) is 7.31. The van der Waals surface area contributed by atoms with Crippen LogP contribution in [0.3, 0.4) is 0 Å². The Morgan fingerprint density at radius 1 is 0.680 bits per heavy atom. The Morgan fingerprint density at radius 2 is 1.16 bits per heavy atom. The van der Waals surface area contributed by atoms with Gasteiger partial charge in [-0.05, 0) is 33.6 Å². The van der Waals surface area contributed by atoms with E-state index in [0.717, 1.165) is 6.54 Å². The zero-order chi connectivity index (χ0) is 18.3. The Morgan fingerprint density at radius 3 is 1.60 bits per heavy atom. The second kappa shape index (κ2) is 14.5. The second-order valence-corrected chi connectivity index (χ2v) is 8.18. The molecule has 0 spiro atoms. The van der Waals surface area contributed by atoms with Crippen LogP contribution < -0.4 is 0 Å². The molecule has 148 valence electrons. The third kappa shape index (κ3) is 9.56. The van der Waals surface area contributed by atoms with Gasteiger partial charge in [0.1, 0.15) is 6.17 Å². The summed E-state index contributed by atoms with van der Waals surface area (Å²) in [6.45, 7) is 10.3. The quantitative estimate of drug-likeness (QED) is 0.269. The summed E-state index contributed by atoms with van der Waals surface area (Å²) in [5.41, 5.74) is 0. The molecule has 25 heavy (non-hydrogen) atoms. The maximum absolute atomic E-state index is 2.53. The molecule has 1 aliphatic heterocycles. The molecule has 1 heterocycles. The van der Waals surface area contributed by atoms with Crippen molar-refractivity contribution in [3.63, 3.8) is 0 Å². The van der Waals surface area contributed by atoms with Crippen molar-refractivity contribution < 1.29 is 0 Å². The van der Waals surface area contributed by atoms with Gasteiger partial charge in [-0.2, -0.15) is 0 Å². The molecule has 0 bridgehead atoms. The minimum absolute atomic E-state index is 0.609. The van der Waals surface area contributed by atoms with Crippen LogP contribution in [-0.2, 0) is 0 Å². The molecule has 1 atom stereocenters. The molecular weight excluding hydrogens is 304 g/mol. The van der Waals surface area contributed by atoms with E-state index in [2.05, 4.69) is 49.9 Å². The topological polar surface area (TPSA) is 6.48 Å². The van der Waals surface area contributed by atoms with Crippen LogP contribution in [-0.4, -0.2) is 28.6 Å². The molecule has 0 aromatic carbocycles. The van der Waals surface area contributed by atoms with Crippen LogP contribution in [0.2, 0.25) is 0 Å². The number of hydrogen-bond donors (Lipinski definition) is 0. The molecular formula is C23H46N2. The average Bonchev–Trinajstić information content (AvgIpc) is 3.02. The zero-order valence-electron chi connectivity index (χ0n) is 17.8. The minimum atomic E-state index is 0.609. The van der Waals surface area contributed by atoms with E-state index in [9.17, 15) is 0 Å². The maximum atomic E-state index is 2.53. The molecule has 0 N–H and O–H groups in total. The normalized spacial score (nSPS) is 17.2. The molecule has 2 nitrogen and oxygen atoms in total. The van der Waals surface area contributed by atoms with Crippen LogP contribution in [0.1, 0.15) is 118 Å². The van der Waals surface area contributed by atoms with Crippen molar-refractivity contribution in [3.8, 4) is 0 Å². The molecule has 0 radical (unpaired) electrons. The van der Waals surface area contributed by atoms with Crippen molar-refractivity contribution in [3.05, 3.63) is 12.4 Å². The highest BCUT2D eigenvalue weighted by Crippen LogP contribution is 2.23. The van der Waals surface area contributed by atoms with Gasteiger partial charge < -0.3 is 9.80 Å². The number of rotatable bonds is 16. The molecule has 1 aliphatic rings. The van der Waals surface area contributed by atoms with Gasteiger partial charge in [-0.3, -0.25) is 0 Å². The predicted molar refractivity (Wildman–Crippen MR) is 113 cm³/mol. The summed E-state index contributed by atoms with van der Waals surface area (Å²) in [7, 11) is 0. The van der Waals surface area contributed by atoms with Crippen molar-refractivity contribution in [1.82, 2.24) is 9.80 Å². The van der Waals surface area contributed by atoms with Crippen LogP contribution in [0, 0.1) is 0 Å². The standard InChI is InChI=1S/C23H46N2/c1-5-7-8-9-10-11-12-13-14-15-16-17-18-19-23-24(6-2)20-21-25(23)22(3)4/h20-23H,5-19H2,1-4H3. The highest BCUT2D eigenvalue weighted by atomic mass is 15.4. The fraction of sp³-hybridized carbons (Fsp3) is 0.913.